The summed E-state index contributed by atoms with van der Waals surface area (Å²) in [7, 11) is 0. The largest absolute Gasteiger partial charge is 0.481 e. The topological polar surface area (TPSA) is 118 Å². The second-order valence-corrected chi connectivity index (χ2v) is 8.53. The molecule has 1 aromatic heterocycles. The highest BCUT2D eigenvalue weighted by molar-refractivity contribution is 7.99. The summed E-state index contributed by atoms with van der Waals surface area (Å²) in [5.74, 6) is -3.65. The van der Waals surface area contributed by atoms with Gasteiger partial charge < -0.3 is 10.4 Å². The van der Waals surface area contributed by atoms with Crippen LogP contribution in [0.2, 0.25) is 0 Å². The Morgan fingerprint density at radius 3 is 2.56 bits per heavy atom. The van der Waals surface area contributed by atoms with Crippen LogP contribution in [-0.2, 0) is 14.4 Å². The first-order chi connectivity index (χ1) is 16.2. The van der Waals surface area contributed by atoms with Gasteiger partial charge in [0.25, 0.3) is 5.56 Å². The predicted molar refractivity (Wildman–Crippen MR) is 121 cm³/mol. The smallest absolute Gasteiger partial charge is 0.305 e. The SMILES string of the molecule is CC[C@@H](C(=O)NC(CC(=O)O)C(=O)CF)n1cnc2ccc(Sc3cccc(F)c3)cc2c1=O. The van der Waals surface area contributed by atoms with Gasteiger partial charge in [0.05, 0.1) is 23.7 Å². The van der Waals surface area contributed by atoms with Crippen LogP contribution in [0.25, 0.3) is 10.9 Å². The number of fused-ring (bicyclic) bond motifs is 1. The monoisotopic (exact) mass is 489 g/mol. The Morgan fingerprint density at radius 2 is 1.91 bits per heavy atom. The van der Waals surface area contributed by atoms with Gasteiger partial charge in [0, 0.05) is 9.79 Å². The molecule has 0 spiro atoms. The van der Waals surface area contributed by atoms with Gasteiger partial charge in [-0.3, -0.25) is 23.7 Å². The molecular weight excluding hydrogens is 468 g/mol. The third-order valence-electron chi connectivity index (χ3n) is 5.03. The highest BCUT2D eigenvalue weighted by Gasteiger charge is 2.28. The molecule has 0 radical (unpaired) electrons. The van der Waals surface area contributed by atoms with Crippen molar-refractivity contribution < 1.29 is 28.3 Å². The molecular formula is C23H21F2N3O5S. The van der Waals surface area contributed by atoms with Crippen molar-refractivity contribution in [3.8, 4) is 0 Å². The van der Waals surface area contributed by atoms with Crippen LogP contribution >= 0.6 is 11.8 Å². The number of hydrogen-bond acceptors (Lipinski definition) is 6. The summed E-state index contributed by atoms with van der Waals surface area (Å²) < 4.78 is 27.4. The molecule has 34 heavy (non-hydrogen) atoms. The summed E-state index contributed by atoms with van der Waals surface area (Å²) in [6, 6.07) is 8.28. The zero-order chi connectivity index (χ0) is 24.8. The van der Waals surface area contributed by atoms with Gasteiger partial charge in [0.15, 0.2) is 5.78 Å². The molecule has 2 N–H and O–H groups in total. The van der Waals surface area contributed by atoms with Crippen LogP contribution in [0.3, 0.4) is 0 Å². The summed E-state index contributed by atoms with van der Waals surface area (Å²) in [5.41, 5.74) is -0.142. The van der Waals surface area contributed by atoms with Gasteiger partial charge in [-0.25, -0.2) is 13.8 Å². The normalized spacial score (nSPS) is 12.8. The van der Waals surface area contributed by atoms with E-state index in [1.165, 1.54) is 30.2 Å². The van der Waals surface area contributed by atoms with Crippen molar-refractivity contribution in [2.75, 3.05) is 6.67 Å². The molecule has 0 aliphatic rings. The van der Waals surface area contributed by atoms with Crippen LogP contribution in [0.1, 0.15) is 25.8 Å². The predicted octanol–water partition coefficient (Wildman–Crippen LogP) is 3.14. The Balaban J connectivity index is 1.92. The van der Waals surface area contributed by atoms with E-state index < -0.39 is 48.4 Å². The zero-order valence-corrected chi connectivity index (χ0v) is 18.9. The fourth-order valence-electron chi connectivity index (χ4n) is 3.36. The third kappa shape index (κ3) is 5.84. The van der Waals surface area contributed by atoms with Crippen molar-refractivity contribution >= 4 is 40.3 Å². The second kappa shape index (κ2) is 11.0. The highest BCUT2D eigenvalue weighted by Crippen LogP contribution is 2.29. The average Bonchev–Trinajstić information content (AvgIpc) is 2.80. The van der Waals surface area contributed by atoms with Crippen molar-refractivity contribution in [2.24, 2.45) is 0 Å². The maximum atomic E-state index is 13.5. The number of ketones is 1. The van der Waals surface area contributed by atoms with Crippen LogP contribution in [0, 0.1) is 5.82 Å². The minimum Gasteiger partial charge on any atom is -0.481 e. The van der Waals surface area contributed by atoms with Gasteiger partial charge in [-0.05, 0) is 42.8 Å². The number of halogens is 2. The Hall–Kier alpha value is -3.60. The summed E-state index contributed by atoms with van der Waals surface area (Å²) in [5, 5.41) is 11.4. The lowest BCUT2D eigenvalue weighted by molar-refractivity contribution is -0.140. The molecule has 11 heteroatoms. The average molecular weight is 490 g/mol. The number of amides is 1. The molecule has 3 rings (SSSR count). The standard InChI is InChI=1S/C23H21F2N3O5S/c1-2-19(22(32)27-18(10-21(30)31)20(29)11-24)28-12-26-17-7-6-15(9-16(17)23(28)33)34-14-5-3-4-13(25)8-14/h3-9,12,18-19H,2,10-11H2,1H3,(H,27,32)(H,30,31)/t18?,19-/m0/s1. The lowest BCUT2D eigenvalue weighted by Gasteiger charge is -2.21. The molecule has 1 unspecified atom stereocenters. The summed E-state index contributed by atoms with van der Waals surface area (Å²) >= 11 is 1.25. The van der Waals surface area contributed by atoms with Gasteiger partial charge in [-0.1, -0.05) is 24.8 Å². The number of hydrogen-bond donors (Lipinski definition) is 2. The molecule has 1 amide bonds. The maximum absolute atomic E-state index is 13.5. The maximum Gasteiger partial charge on any atom is 0.305 e. The quantitative estimate of drug-likeness (QED) is 0.449. The van der Waals surface area contributed by atoms with Crippen molar-refractivity contribution in [2.45, 2.75) is 41.6 Å². The van der Waals surface area contributed by atoms with E-state index in [-0.39, 0.29) is 17.6 Å². The number of alkyl halides is 1. The number of carbonyl (C=O) groups is 3. The van der Waals surface area contributed by atoms with E-state index in [1.54, 1.807) is 37.3 Å². The van der Waals surface area contributed by atoms with E-state index >= 15 is 0 Å². The Kier molecular flexibility index (Phi) is 8.11. The molecule has 0 saturated carbocycles. The zero-order valence-electron chi connectivity index (χ0n) is 18.0. The number of aliphatic carboxylic acids is 1. The molecule has 0 bridgehead atoms. The van der Waals surface area contributed by atoms with Gasteiger partial charge in [-0.15, -0.1) is 0 Å². The van der Waals surface area contributed by atoms with E-state index in [0.717, 1.165) is 4.57 Å². The fourth-order valence-corrected chi connectivity index (χ4v) is 4.26. The lowest BCUT2D eigenvalue weighted by atomic mass is 10.1. The lowest BCUT2D eigenvalue weighted by Crippen LogP contribution is -2.47. The Morgan fingerprint density at radius 1 is 1.18 bits per heavy atom. The third-order valence-corrected chi connectivity index (χ3v) is 6.01. The van der Waals surface area contributed by atoms with E-state index in [9.17, 15) is 28.0 Å². The van der Waals surface area contributed by atoms with Gasteiger partial charge >= 0.3 is 5.97 Å². The summed E-state index contributed by atoms with van der Waals surface area (Å²) in [6.07, 6.45) is 0.539. The first kappa shape index (κ1) is 25.0. The number of Topliss-reactive ketones (excluding diaryl/α,β-unsaturated/α-hetero) is 1. The van der Waals surface area contributed by atoms with Gasteiger partial charge in [0.1, 0.15) is 24.6 Å². The number of carboxylic acids is 1. The number of aromatic nitrogens is 2. The molecule has 178 valence electrons. The molecule has 0 fully saturated rings. The van der Waals surface area contributed by atoms with Crippen molar-refractivity contribution in [1.82, 2.24) is 14.9 Å². The van der Waals surface area contributed by atoms with E-state index in [0.29, 0.717) is 15.3 Å². The van der Waals surface area contributed by atoms with E-state index in [4.69, 9.17) is 5.11 Å². The molecule has 0 aliphatic heterocycles. The number of nitrogens with one attached hydrogen (secondary N) is 1. The number of rotatable bonds is 10. The van der Waals surface area contributed by atoms with Crippen molar-refractivity contribution in [3.63, 3.8) is 0 Å². The van der Waals surface area contributed by atoms with E-state index in [1.807, 2.05) is 0 Å². The molecule has 0 aliphatic carbocycles. The van der Waals surface area contributed by atoms with Crippen LogP contribution in [0.5, 0.6) is 0 Å². The number of carboxylic acid groups (broad SMARTS) is 1. The minimum absolute atomic E-state index is 0.125. The minimum atomic E-state index is -1.55. The van der Waals surface area contributed by atoms with Crippen LogP contribution in [0.4, 0.5) is 8.78 Å². The highest BCUT2D eigenvalue weighted by atomic mass is 32.2. The van der Waals surface area contributed by atoms with Crippen LogP contribution in [-0.4, -0.2) is 45.0 Å². The molecule has 3 aromatic rings. The first-order valence-corrected chi connectivity index (χ1v) is 11.1. The molecule has 2 atom stereocenters. The van der Waals surface area contributed by atoms with Crippen molar-refractivity contribution in [3.05, 3.63) is 65.0 Å². The van der Waals surface area contributed by atoms with Crippen LogP contribution < -0.4 is 10.9 Å². The van der Waals surface area contributed by atoms with Gasteiger partial charge in [-0.2, -0.15) is 0 Å². The van der Waals surface area contributed by atoms with Crippen molar-refractivity contribution in [1.29, 1.82) is 0 Å². The summed E-state index contributed by atoms with van der Waals surface area (Å²) in [4.78, 5) is 54.2. The molecule has 8 nitrogen and oxygen atoms in total. The van der Waals surface area contributed by atoms with E-state index in [2.05, 4.69) is 10.3 Å². The first-order valence-electron chi connectivity index (χ1n) is 10.3. The van der Waals surface area contributed by atoms with Crippen LogP contribution in [0.15, 0.2) is 63.4 Å². The molecule has 1 heterocycles. The number of carbonyl (C=O) groups excluding carboxylic acids is 2. The number of nitrogens with zero attached hydrogens (tertiary/aromatic N) is 2. The Labute approximate surface area is 197 Å². The fraction of sp³-hybridized carbons (Fsp3) is 0.261. The molecule has 0 saturated heterocycles. The molecule has 2 aromatic carbocycles. The number of benzene rings is 2. The second-order valence-electron chi connectivity index (χ2n) is 7.38. The Bertz CT molecular complexity index is 1300. The summed E-state index contributed by atoms with van der Waals surface area (Å²) in [6.45, 7) is 0.193. The van der Waals surface area contributed by atoms with Gasteiger partial charge in [0.2, 0.25) is 5.91 Å².